The average molecular weight is 347 g/mol. The van der Waals surface area contributed by atoms with Gasteiger partial charge in [0.25, 0.3) is 15.0 Å². The summed E-state index contributed by atoms with van der Waals surface area (Å²) < 4.78 is 27.5. The summed E-state index contributed by atoms with van der Waals surface area (Å²) >= 11 is 11.6. The Hall–Kier alpha value is -0.690. The van der Waals surface area contributed by atoms with Gasteiger partial charge in [0, 0.05) is 17.2 Å². The third-order valence-corrected chi connectivity index (χ3v) is 4.35. The molecule has 0 bridgehead atoms. The van der Waals surface area contributed by atoms with Crippen molar-refractivity contribution in [1.82, 2.24) is 5.32 Å². The minimum absolute atomic E-state index is 0.0991. The number of hydrogen-bond acceptors (Lipinski definition) is 4. The van der Waals surface area contributed by atoms with Gasteiger partial charge in [-0.3, -0.25) is 4.79 Å². The van der Waals surface area contributed by atoms with E-state index in [4.69, 9.17) is 38.6 Å². The molecule has 0 aromatic heterocycles. The van der Waals surface area contributed by atoms with Crippen LogP contribution in [-0.2, 0) is 13.8 Å². The van der Waals surface area contributed by atoms with Crippen LogP contribution in [0, 0.1) is 0 Å². The van der Waals surface area contributed by atoms with E-state index in [9.17, 15) is 13.2 Å². The Bertz CT molecular complexity index is 589. The number of halogens is 3. The molecular weight excluding hydrogens is 337 g/mol. The highest BCUT2D eigenvalue weighted by Crippen LogP contribution is 2.37. The summed E-state index contributed by atoms with van der Waals surface area (Å²) in [6, 6.07) is 2.44. The van der Waals surface area contributed by atoms with Gasteiger partial charge in [0.1, 0.15) is 15.7 Å². The first-order chi connectivity index (χ1) is 8.77. The summed E-state index contributed by atoms with van der Waals surface area (Å²) in [6.07, 6.45) is 0. The zero-order valence-corrected chi connectivity index (χ0v) is 12.8. The third-order valence-electron chi connectivity index (χ3n) is 2.01. The highest BCUT2D eigenvalue weighted by Gasteiger charge is 2.20. The van der Waals surface area contributed by atoms with E-state index >= 15 is 0 Å². The Labute approximate surface area is 125 Å². The van der Waals surface area contributed by atoms with Crippen molar-refractivity contribution in [2.24, 2.45) is 0 Å². The molecule has 0 saturated carbocycles. The van der Waals surface area contributed by atoms with Gasteiger partial charge in [-0.05, 0) is 19.1 Å². The lowest BCUT2D eigenvalue weighted by atomic mass is 10.3. The van der Waals surface area contributed by atoms with Crippen LogP contribution in [0.3, 0.4) is 0 Å². The average Bonchev–Trinajstić information content (AvgIpc) is 2.29. The molecule has 0 aliphatic carbocycles. The van der Waals surface area contributed by atoms with Gasteiger partial charge < -0.3 is 10.1 Å². The molecule has 1 aromatic rings. The van der Waals surface area contributed by atoms with Crippen LogP contribution in [0.25, 0.3) is 0 Å². The molecule has 1 aromatic carbocycles. The molecule has 0 saturated heterocycles. The van der Waals surface area contributed by atoms with Crippen molar-refractivity contribution in [3.8, 4) is 5.75 Å². The van der Waals surface area contributed by atoms with Gasteiger partial charge in [0.2, 0.25) is 0 Å². The fourth-order valence-electron chi connectivity index (χ4n) is 1.21. The number of hydrogen-bond donors (Lipinski definition) is 1. The Morgan fingerprint density at radius 2 is 1.95 bits per heavy atom. The molecule has 9 heteroatoms. The van der Waals surface area contributed by atoms with Crippen molar-refractivity contribution < 1.29 is 17.9 Å². The highest BCUT2D eigenvalue weighted by atomic mass is 35.7. The monoisotopic (exact) mass is 345 g/mol. The molecule has 0 atom stereocenters. The summed E-state index contributed by atoms with van der Waals surface area (Å²) in [4.78, 5) is 10.9. The van der Waals surface area contributed by atoms with E-state index in [1.807, 2.05) is 0 Å². The minimum atomic E-state index is -3.99. The van der Waals surface area contributed by atoms with Crippen LogP contribution in [0.15, 0.2) is 17.0 Å². The number of carbonyl (C=O) groups is 1. The van der Waals surface area contributed by atoms with Gasteiger partial charge in [0.05, 0.1) is 5.02 Å². The first kappa shape index (κ1) is 16.4. The largest absolute Gasteiger partial charge is 0.482 e. The number of benzene rings is 1. The Morgan fingerprint density at radius 3 is 2.47 bits per heavy atom. The van der Waals surface area contributed by atoms with Crippen LogP contribution in [0.5, 0.6) is 5.75 Å². The highest BCUT2D eigenvalue weighted by molar-refractivity contribution is 8.13. The second-order valence-electron chi connectivity index (χ2n) is 3.37. The normalized spacial score (nSPS) is 11.2. The molecule has 0 aliphatic rings. The molecule has 1 amide bonds. The van der Waals surface area contributed by atoms with Gasteiger partial charge in [-0.15, -0.1) is 0 Å². The number of likely N-dealkylation sites (N-methyl/N-ethyl adjacent to an activating group) is 1. The predicted octanol–water partition coefficient (Wildman–Crippen LogP) is 2.44. The van der Waals surface area contributed by atoms with Gasteiger partial charge >= 0.3 is 0 Å². The van der Waals surface area contributed by atoms with Crippen LogP contribution in [-0.4, -0.2) is 27.5 Å². The molecule has 1 rings (SSSR count). The van der Waals surface area contributed by atoms with Crippen LogP contribution >= 0.6 is 33.9 Å². The third kappa shape index (κ3) is 4.42. The topological polar surface area (TPSA) is 72.5 Å². The number of rotatable bonds is 5. The van der Waals surface area contributed by atoms with E-state index < -0.39 is 9.05 Å². The standard InChI is InChI=1S/C10H10Cl3NO4S/c1-2-14-8(15)5-18-6-3-4-7(19(13,16)17)10(12)9(6)11/h3-4H,2,5H2,1H3,(H,14,15). The summed E-state index contributed by atoms with van der Waals surface area (Å²) in [5.74, 6) is -0.231. The maximum absolute atomic E-state index is 11.2. The molecule has 1 N–H and O–H groups in total. The van der Waals surface area contributed by atoms with Crippen molar-refractivity contribution in [3.05, 3.63) is 22.2 Å². The van der Waals surface area contributed by atoms with Gasteiger partial charge in [-0.25, -0.2) is 8.42 Å². The van der Waals surface area contributed by atoms with Crippen molar-refractivity contribution in [3.63, 3.8) is 0 Å². The Kier molecular flexibility index (Phi) is 5.73. The van der Waals surface area contributed by atoms with E-state index in [2.05, 4.69) is 5.32 Å². The van der Waals surface area contributed by atoms with Crippen LogP contribution in [0.4, 0.5) is 0 Å². The zero-order chi connectivity index (χ0) is 14.6. The number of nitrogens with one attached hydrogen (secondary N) is 1. The van der Waals surface area contributed by atoms with Crippen molar-refractivity contribution in [1.29, 1.82) is 0 Å². The molecule has 5 nitrogen and oxygen atoms in total. The van der Waals surface area contributed by atoms with E-state index in [0.717, 1.165) is 6.07 Å². The smallest absolute Gasteiger partial charge is 0.262 e. The zero-order valence-electron chi connectivity index (χ0n) is 9.74. The quantitative estimate of drug-likeness (QED) is 0.831. The molecule has 0 unspecified atom stereocenters. The lowest BCUT2D eigenvalue weighted by Crippen LogP contribution is -2.28. The Morgan fingerprint density at radius 1 is 1.32 bits per heavy atom. The summed E-state index contributed by atoms with van der Waals surface area (Å²) in [6.45, 7) is 1.98. The molecule has 19 heavy (non-hydrogen) atoms. The molecule has 0 aliphatic heterocycles. The maximum atomic E-state index is 11.2. The van der Waals surface area contributed by atoms with Crippen LogP contribution in [0.2, 0.25) is 10.0 Å². The molecule has 0 fully saturated rings. The van der Waals surface area contributed by atoms with E-state index in [1.54, 1.807) is 6.92 Å². The summed E-state index contributed by atoms with van der Waals surface area (Å²) in [5, 5.41) is 2.17. The van der Waals surface area contributed by atoms with Gasteiger partial charge in [-0.1, -0.05) is 23.2 Å². The first-order valence-electron chi connectivity index (χ1n) is 5.09. The first-order valence-corrected chi connectivity index (χ1v) is 8.16. The lowest BCUT2D eigenvalue weighted by Gasteiger charge is -2.10. The molecule has 0 radical (unpaired) electrons. The predicted molar refractivity (Wildman–Crippen MR) is 73.7 cm³/mol. The Balaban J connectivity index is 2.95. The SMILES string of the molecule is CCNC(=O)COc1ccc(S(=O)(=O)Cl)c(Cl)c1Cl. The number of amides is 1. The fraction of sp³-hybridized carbons (Fsp3) is 0.300. The lowest BCUT2D eigenvalue weighted by molar-refractivity contribution is -0.122. The second-order valence-corrected chi connectivity index (χ2v) is 6.66. The molecular formula is C10H10Cl3NO4S. The van der Waals surface area contributed by atoms with E-state index in [-0.39, 0.29) is 33.2 Å². The molecule has 106 valence electrons. The van der Waals surface area contributed by atoms with Crippen molar-refractivity contribution >= 4 is 48.8 Å². The number of carbonyl (C=O) groups excluding carboxylic acids is 1. The molecule has 0 heterocycles. The van der Waals surface area contributed by atoms with Crippen molar-refractivity contribution in [2.75, 3.05) is 13.2 Å². The van der Waals surface area contributed by atoms with E-state index in [0.29, 0.717) is 6.54 Å². The van der Waals surface area contributed by atoms with Gasteiger partial charge in [0.15, 0.2) is 6.61 Å². The fourth-order valence-corrected chi connectivity index (χ4v) is 2.99. The molecule has 0 spiro atoms. The van der Waals surface area contributed by atoms with Crippen LogP contribution in [0.1, 0.15) is 6.92 Å². The maximum Gasteiger partial charge on any atom is 0.262 e. The summed E-state index contributed by atoms with van der Waals surface area (Å²) in [5.41, 5.74) is 0. The second kappa shape index (κ2) is 6.65. The van der Waals surface area contributed by atoms with E-state index in [1.165, 1.54) is 6.07 Å². The van der Waals surface area contributed by atoms with Gasteiger partial charge in [-0.2, -0.15) is 0 Å². The summed E-state index contributed by atoms with van der Waals surface area (Å²) in [7, 11) is 1.19. The van der Waals surface area contributed by atoms with Crippen molar-refractivity contribution in [2.45, 2.75) is 11.8 Å². The minimum Gasteiger partial charge on any atom is -0.482 e. The van der Waals surface area contributed by atoms with Crippen LogP contribution < -0.4 is 10.1 Å². The number of ether oxygens (including phenoxy) is 1.